The number of nitrogens with one attached hydrogen (secondary N) is 1. The number of hydrogen-bond donors (Lipinski definition) is 1. The maximum absolute atomic E-state index is 4.96. The summed E-state index contributed by atoms with van der Waals surface area (Å²) in [6.45, 7) is 4.97. The fourth-order valence-electron chi connectivity index (χ4n) is 3.49. The number of rotatable bonds is 5. The summed E-state index contributed by atoms with van der Waals surface area (Å²) < 4.78 is 0. The summed E-state index contributed by atoms with van der Waals surface area (Å²) in [5.74, 6) is 0. The van der Waals surface area contributed by atoms with Gasteiger partial charge in [-0.3, -0.25) is 5.01 Å². The van der Waals surface area contributed by atoms with E-state index in [1.807, 2.05) is 6.07 Å². The van der Waals surface area contributed by atoms with Crippen molar-refractivity contribution in [2.24, 2.45) is 5.10 Å². The molecule has 136 valence electrons. The molecule has 0 radical (unpaired) electrons. The topological polar surface area (TPSA) is 27.6 Å². The zero-order chi connectivity index (χ0) is 18.6. The number of hydrazone groups is 1. The van der Waals surface area contributed by atoms with E-state index >= 15 is 0 Å². The van der Waals surface area contributed by atoms with Gasteiger partial charge in [0.1, 0.15) is 6.67 Å². The number of aryl methyl sites for hydroxylation is 2. The minimum absolute atomic E-state index is 0.250. The summed E-state index contributed by atoms with van der Waals surface area (Å²) in [7, 11) is 0. The van der Waals surface area contributed by atoms with Gasteiger partial charge in [-0.25, -0.2) is 0 Å². The van der Waals surface area contributed by atoms with Crippen LogP contribution in [0.1, 0.15) is 34.7 Å². The average molecular weight is 355 g/mol. The third-order valence-electron chi connectivity index (χ3n) is 5.24. The SMILES string of the molecule is Cc1ccc(NCN2N=C(c3ccccc3)CC2c2ccccc2)cc1C. The maximum atomic E-state index is 4.96. The van der Waals surface area contributed by atoms with E-state index in [-0.39, 0.29) is 6.04 Å². The second kappa shape index (κ2) is 7.67. The summed E-state index contributed by atoms with van der Waals surface area (Å²) in [6.07, 6.45) is 0.919. The van der Waals surface area contributed by atoms with Gasteiger partial charge in [-0.15, -0.1) is 0 Å². The second-order valence-corrected chi connectivity index (χ2v) is 7.12. The number of anilines is 1. The van der Waals surface area contributed by atoms with E-state index in [1.165, 1.54) is 22.3 Å². The molecule has 0 spiro atoms. The first-order valence-corrected chi connectivity index (χ1v) is 9.46. The lowest BCUT2D eigenvalue weighted by molar-refractivity contribution is 0.250. The van der Waals surface area contributed by atoms with Crippen LogP contribution in [0.4, 0.5) is 5.69 Å². The van der Waals surface area contributed by atoms with Gasteiger partial charge in [-0.05, 0) is 48.2 Å². The van der Waals surface area contributed by atoms with E-state index in [4.69, 9.17) is 5.10 Å². The van der Waals surface area contributed by atoms with Gasteiger partial charge in [0, 0.05) is 12.1 Å². The Morgan fingerprint density at radius 1 is 0.889 bits per heavy atom. The fourth-order valence-corrected chi connectivity index (χ4v) is 3.49. The Bertz CT molecular complexity index is 932. The maximum Gasteiger partial charge on any atom is 0.105 e. The quantitative estimate of drug-likeness (QED) is 0.652. The van der Waals surface area contributed by atoms with Gasteiger partial charge in [0.15, 0.2) is 0 Å². The van der Waals surface area contributed by atoms with E-state index in [1.54, 1.807) is 0 Å². The molecule has 0 saturated carbocycles. The molecule has 1 aliphatic heterocycles. The van der Waals surface area contributed by atoms with Crippen molar-refractivity contribution in [1.29, 1.82) is 0 Å². The van der Waals surface area contributed by atoms with Gasteiger partial charge in [-0.1, -0.05) is 66.7 Å². The third kappa shape index (κ3) is 3.87. The Morgan fingerprint density at radius 3 is 2.30 bits per heavy atom. The van der Waals surface area contributed by atoms with E-state index in [9.17, 15) is 0 Å². The van der Waals surface area contributed by atoms with Crippen molar-refractivity contribution in [3.63, 3.8) is 0 Å². The van der Waals surface area contributed by atoms with Crippen LogP contribution in [-0.4, -0.2) is 17.4 Å². The second-order valence-electron chi connectivity index (χ2n) is 7.12. The molecule has 0 amide bonds. The summed E-state index contributed by atoms with van der Waals surface area (Å²) in [4.78, 5) is 0. The van der Waals surface area contributed by atoms with E-state index in [2.05, 4.69) is 97.0 Å². The number of hydrogen-bond acceptors (Lipinski definition) is 3. The first-order chi connectivity index (χ1) is 13.2. The number of benzene rings is 3. The Kier molecular flexibility index (Phi) is 4.93. The molecule has 0 saturated heterocycles. The highest BCUT2D eigenvalue weighted by atomic mass is 15.5. The molecular formula is C24H25N3. The lowest BCUT2D eigenvalue weighted by Crippen LogP contribution is -2.25. The summed E-state index contributed by atoms with van der Waals surface area (Å²) in [6, 6.07) is 27.9. The summed E-state index contributed by atoms with van der Waals surface area (Å²) in [5.41, 5.74) is 7.39. The largest absolute Gasteiger partial charge is 0.367 e. The van der Waals surface area contributed by atoms with Gasteiger partial charge in [0.25, 0.3) is 0 Å². The Hall–Kier alpha value is -3.07. The standard InChI is InChI=1S/C24H25N3/c1-18-13-14-22(15-19(18)2)25-17-27-24(21-11-7-4-8-12-21)16-23(26-27)20-9-5-3-6-10-20/h3-15,24-25H,16-17H2,1-2H3. The predicted molar refractivity (Wildman–Crippen MR) is 113 cm³/mol. The molecule has 3 aromatic rings. The molecular weight excluding hydrogens is 330 g/mol. The zero-order valence-electron chi connectivity index (χ0n) is 15.9. The van der Waals surface area contributed by atoms with Crippen LogP contribution in [0.2, 0.25) is 0 Å². The van der Waals surface area contributed by atoms with E-state index in [0.29, 0.717) is 6.67 Å². The van der Waals surface area contributed by atoms with Crippen LogP contribution >= 0.6 is 0 Å². The molecule has 3 aromatic carbocycles. The van der Waals surface area contributed by atoms with Crippen LogP contribution < -0.4 is 5.32 Å². The van der Waals surface area contributed by atoms with Gasteiger partial charge in [-0.2, -0.15) is 5.10 Å². The lowest BCUT2D eigenvalue weighted by atomic mass is 9.99. The molecule has 3 nitrogen and oxygen atoms in total. The van der Waals surface area contributed by atoms with Crippen molar-refractivity contribution in [3.8, 4) is 0 Å². The Morgan fingerprint density at radius 2 is 1.59 bits per heavy atom. The first kappa shape index (κ1) is 17.3. The molecule has 3 heteroatoms. The third-order valence-corrected chi connectivity index (χ3v) is 5.24. The summed E-state index contributed by atoms with van der Waals surface area (Å²) in [5, 5.41) is 10.7. The monoisotopic (exact) mass is 355 g/mol. The van der Waals surface area contributed by atoms with Crippen molar-refractivity contribution in [1.82, 2.24) is 5.01 Å². The van der Waals surface area contributed by atoms with Crippen LogP contribution in [0, 0.1) is 13.8 Å². The van der Waals surface area contributed by atoms with Crippen molar-refractivity contribution in [3.05, 3.63) is 101 Å². The van der Waals surface area contributed by atoms with Crippen molar-refractivity contribution in [2.75, 3.05) is 12.0 Å². The number of nitrogens with zero attached hydrogens (tertiary/aromatic N) is 2. The van der Waals surface area contributed by atoms with Gasteiger partial charge in [0.05, 0.1) is 11.8 Å². The molecule has 1 heterocycles. The lowest BCUT2D eigenvalue weighted by Gasteiger charge is -2.24. The van der Waals surface area contributed by atoms with Gasteiger partial charge >= 0.3 is 0 Å². The van der Waals surface area contributed by atoms with Crippen LogP contribution in [0.25, 0.3) is 0 Å². The van der Waals surface area contributed by atoms with Crippen LogP contribution in [0.3, 0.4) is 0 Å². The average Bonchev–Trinajstić information content (AvgIpc) is 3.14. The molecule has 1 N–H and O–H groups in total. The fraction of sp³-hybridized carbons (Fsp3) is 0.208. The molecule has 0 bridgehead atoms. The summed E-state index contributed by atoms with van der Waals surface area (Å²) >= 11 is 0. The van der Waals surface area contributed by atoms with E-state index < -0.39 is 0 Å². The molecule has 4 rings (SSSR count). The molecule has 0 aromatic heterocycles. The smallest absolute Gasteiger partial charge is 0.105 e. The Balaban J connectivity index is 1.57. The van der Waals surface area contributed by atoms with Crippen molar-refractivity contribution < 1.29 is 0 Å². The highest BCUT2D eigenvalue weighted by Gasteiger charge is 2.28. The molecule has 27 heavy (non-hydrogen) atoms. The van der Waals surface area contributed by atoms with Gasteiger partial charge < -0.3 is 5.32 Å². The molecule has 0 fully saturated rings. The minimum atomic E-state index is 0.250. The van der Waals surface area contributed by atoms with Crippen molar-refractivity contribution in [2.45, 2.75) is 26.3 Å². The first-order valence-electron chi connectivity index (χ1n) is 9.46. The molecule has 1 atom stereocenters. The molecule has 1 aliphatic rings. The Labute approximate surface area is 161 Å². The van der Waals surface area contributed by atoms with Crippen LogP contribution in [0.5, 0.6) is 0 Å². The van der Waals surface area contributed by atoms with Crippen LogP contribution in [-0.2, 0) is 0 Å². The highest BCUT2D eigenvalue weighted by Crippen LogP contribution is 2.32. The zero-order valence-corrected chi connectivity index (χ0v) is 15.9. The van der Waals surface area contributed by atoms with Crippen LogP contribution in [0.15, 0.2) is 84.0 Å². The van der Waals surface area contributed by atoms with Gasteiger partial charge in [0.2, 0.25) is 0 Å². The van der Waals surface area contributed by atoms with E-state index in [0.717, 1.165) is 17.8 Å². The minimum Gasteiger partial charge on any atom is -0.367 e. The normalized spacial score (nSPS) is 16.3. The highest BCUT2D eigenvalue weighted by molar-refractivity contribution is 6.01. The van der Waals surface area contributed by atoms with Crippen molar-refractivity contribution >= 4 is 11.4 Å². The molecule has 1 unspecified atom stereocenters. The predicted octanol–water partition coefficient (Wildman–Crippen LogP) is 5.52. The molecule has 0 aliphatic carbocycles.